The Morgan fingerprint density at radius 1 is 1.06 bits per heavy atom. The molecule has 1 aromatic carbocycles. The van der Waals surface area contributed by atoms with Crippen molar-refractivity contribution >= 4 is 49.5 Å². The molecule has 3 aromatic rings. The highest BCUT2D eigenvalue weighted by molar-refractivity contribution is 7.99. The number of nitrogens with zero attached hydrogens (tertiary/aromatic N) is 5. The largest absolute Gasteiger partial charge is 0.353 e. The third-order valence-electron chi connectivity index (χ3n) is 3.35. The molecule has 166 valence electrons. The van der Waals surface area contributed by atoms with Gasteiger partial charge < -0.3 is 10.6 Å². The van der Waals surface area contributed by atoms with E-state index in [1.54, 1.807) is 6.07 Å². The molecule has 31 heavy (non-hydrogen) atoms. The highest BCUT2D eigenvalue weighted by Gasteiger charge is 2.13. The number of anilines is 3. The van der Waals surface area contributed by atoms with Gasteiger partial charge in [-0.1, -0.05) is 6.07 Å². The first-order valence-corrected chi connectivity index (χ1v) is 12.6. The monoisotopic (exact) mass is 487 g/mol. The lowest BCUT2D eigenvalue weighted by atomic mass is 10.3. The average molecular weight is 488 g/mol. The third kappa shape index (κ3) is 7.40. The lowest BCUT2D eigenvalue weighted by Gasteiger charge is -2.10. The first kappa shape index (κ1) is 22.8. The van der Waals surface area contributed by atoms with Crippen LogP contribution in [0.25, 0.3) is 0 Å². The number of aromatic nitrogens is 6. The summed E-state index contributed by atoms with van der Waals surface area (Å²) in [6.07, 6.45) is 2.43. The van der Waals surface area contributed by atoms with Gasteiger partial charge >= 0.3 is 0 Å². The highest BCUT2D eigenvalue weighted by Crippen LogP contribution is 2.24. The van der Waals surface area contributed by atoms with Crippen LogP contribution in [-0.4, -0.2) is 70.9 Å². The average Bonchev–Trinajstić information content (AvgIpc) is 3.17. The van der Waals surface area contributed by atoms with Gasteiger partial charge in [0.1, 0.15) is 6.33 Å². The molecular formula is C14H17N9O5S3. The number of sulfonamides is 1. The summed E-state index contributed by atoms with van der Waals surface area (Å²) in [6.45, 7) is 0.298. The van der Waals surface area contributed by atoms with Crippen LogP contribution in [0, 0.1) is 0 Å². The van der Waals surface area contributed by atoms with Gasteiger partial charge in [0.25, 0.3) is 10.1 Å². The van der Waals surface area contributed by atoms with Crippen LogP contribution in [0.5, 0.6) is 0 Å². The Kier molecular flexibility index (Phi) is 7.01. The van der Waals surface area contributed by atoms with Gasteiger partial charge in [0.2, 0.25) is 32.2 Å². The Morgan fingerprint density at radius 3 is 2.52 bits per heavy atom. The lowest BCUT2D eigenvalue weighted by Crippen LogP contribution is -2.28. The van der Waals surface area contributed by atoms with E-state index in [1.807, 2.05) is 0 Å². The van der Waals surface area contributed by atoms with Gasteiger partial charge in [-0.2, -0.15) is 23.4 Å². The second-order valence-corrected chi connectivity index (χ2v) is 10.1. The van der Waals surface area contributed by atoms with Crippen molar-refractivity contribution in [3.63, 3.8) is 0 Å². The van der Waals surface area contributed by atoms with E-state index in [4.69, 9.17) is 0 Å². The highest BCUT2D eigenvalue weighted by atomic mass is 32.2. The molecule has 14 nitrogen and oxygen atoms in total. The van der Waals surface area contributed by atoms with E-state index in [2.05, 4.69) is 45.5 Å². The smallest absolute Gasteiger partial charge is 0.294 e. The van der Waals surface area contributed by atoms with Crippen LogP contribution >= 0.6 is 11.8 Å². The van der Waals surface area contributed by atoms with Crippen molar-refractivity contribution < 1.29 is 21.4 Å². The van der Waals surface area contributed by atoms with Crippen molar-refractivity contribution in [2.75, 3.05) is 30.0 Å². The number of hydrogen-bond acceptors (Lipinski definition) is 12. The van der Waals surface area contributed by atoms with Crippen LogP contribution in [0.4, 0.5) is 17.6 Å². The zero-order valence-electron chi connectivity index (χ0n) is 15.8. The fourth-order valence-corrected chi connectivity index (χ4v) is 3.77. The molecule has 5 N–H and O–H groups in total. The number of hydrogen-bond donors (Lipinski definition) is 5. The zero-order chi connectivity index (χ0) is 22.5. The van der Waals surface area contributed by atoms with Crippen LogP contribution in [0.3, 0.4) is 0 Å². The Morgan fingerprint density at radius 2 is 1.84 bits per heavy atom. The number of aromatic amines is 1. The number of benzene rings is 1. The molecular weight excluding hydrogens is 470 g/mol. The fraction of sp³-hybridized carbons (Fsp3) is 0.214. The van der Waals surface area contributed by atoms with Gasteiger partial charge in [-0.3, -0.25) is 9.65 Å². The van der Waals surface area contributed by atoms with E-state index in [0.29, 0.717) is 10.8 Å². The van der Waals surface area contributed by atoms with E-state index >= 15 is 0 Å². The molecule has 0 bridgehead atoms. The molecule has 0 aliphatic heterocycles. The van der Waals surface area contributed by atoms with E-state index in [-0.39, 0.29) is 35.0 Å². The summed E-state index contributed by atoms with van der Waals surface area (Å²) in [6, 6.07) is 5.44. The minimum Gasteiger partial charge on any atom is -0.353 e. The van der Waals surface area contributed by atoms with Crippen LogP contribution in [-0.2, 0) is 20.1 Å². The minimum absolute atomic E-state index is 0.0686. The van der Waals surface area contributed by atoms with E-state index in [9.17, 15) is 21.4 Å². The maximum Gasteiger partial charge on any atom is 0.294 e. The SMILES string of the molecule is CS(=O)(=O)NCCNc1nc(Nc2cccc(S(=O)(=O)O)c2)nc(Sc2nc[nH]n2)n1. The second kappa shape index (κ2) is 9.52. The number of rotatable bonds is 10. The van der Waals surface area contributed by atoms with E-state index in [0.717, 1.165) is 18.0 Å². The summed E-state index contributed by atoms with van der Waals surface area (Å²) in [7, 11) is -7.72. The molecule has 0 saturated heterocycles. The van der Waals surface area contributed by atoms with Gasteiger partial charge in [0, 0.05) is 18.8 Å². The molecule has 0 aliphatic rings. The van der Waals surface area contributed by atoms with Gasteiger partial charge in [0.05, 0.1) is 11.2 Å². The topological polar surface area (TPSA) is 205 Å². The van der Waals surface area contributed by atoms with Crippen molar-refractivity contribution in [1.82, 2.24) is 34.9 Å². The van der Waals surface area contributed by atoms with Crippen LogP contribution in [0.2, 0.25) is 0 Å². The second-order valence-electron chi connectivity index (χ2n) is 5.87. The van der Waals surface area contributed by atoms with Crippen LogP contribution in [0.1, 0.15) is 0 Å². The molecule has 0 saturated carbocycles. The molecule has 0 amide bonds. The lowest BCUT2D eigenvalue weighted by molar-refractivity contribution is 0.483. The van der Waals surface area contributed by atoms with Gasteiger partial charge in [0.15, 0.2) is 0 Å². The maximum absolute atomic E-state index is 11.3. The predicted molar refractivity (Wildman–Crippen MR) is 111 cm³/mol. The molecule has 0 atom stereocenters. The molecule has 2 aromatic heterocycles. The summed E-state index contributed by atoms with van der Waals surface area (Å²) in [4.78, 5) is 16.3. The Bertz CT molecular complexity index is 1250. The van der Waals surface area contributed by atoms with Crippen molar-refractivity contribution in [3.05, 3.63) is 30.6 Å². The number of nitrogens with one attached hydrogen (secondary N) is 4. The minimum atomic E-state index is -4.38. The molecule has 0 aliphatic carbocycles. The summed E-state index contributed by atoms with van der Waals surface area (Å²) in [5.74, 6) is 0.205. The van der Waals surface area contributed by atoms with Crippen molar-refractivity contribution in [1.29, 1.82) is 0 Å². The van der Waals surface area contributed by atoms with Crippen LogP contribution in [0.15, 0.2) is 45.8 Å². The van der Waals surface area contributed by atoms with E-state index in [1.165, 1.54) is 24.5 Å². The maximum atomic E-state index is 11.3. The zero-order valence-corrected chi connectivity index (χ0v) is 18.3. The Hall–Kier alpha value is -2.86. The molecule has 0 fully saturated rings. The molecule has 2 heterocycles. The quantitative estimate of drug-likeness (QED) is 0.190. The first-order valence-electron chi connectivity index (χ1n) is 8.41. The molecule has 17 heteroatoms. The van der Waals surface area contributed by atoms with Crippen LogP contribution < -0.4 is 15.4 Å². The summed E-state index contributed by atoms with van der Waals surface area (Å²) in [5, 5.41) is 12.8. The molecule has 0 unspecified atom stereocenters. The molecule has 3 rings (SSSR count). The normalized spacial score (nSPS) is 11.9. The van der Waals surface area contributed by atoms with Gasteiger partial charge in [-0.25, -0.2) is 18.1 Å². The molecule has 0 spiro atoms. The standard InChI is InChI=1S/C14H17N9O5S3/c1-30(24,25)18-6-5-15-11-20-12(22-14(21-11)29-13-16-8-17-23-13)19-9-3-2-4-10(7-9)31(26,27)28/h2-4,7-8,18H,5-6H2,1H3,(H,16,17,23)(H,26,27,28)(H2,15,19,20,21,22). The van der Waals surface area contributed by atoms with Gasteiger partial charge in [-0.15, -0.1) is 5.10 Å². The Labute approximate surface area is 181 Å². The molecule has 0 radical (unpaired) electrons. The van der Waals surface area contributed by atoms with E-state index < -0.39 is 20.1 Å². The number of H-pyrrole nitrogens is 1. The fourth-order valence-electron chi connectivity index (χ4n) is 2.14. The summed E-state index contributed by atoms with van der Waals surface area (Å²) < 4.78 is 56.6. The third-order valence-corrected chi connectivity index (χ3v) is 5.67. The first-order chi connectivity index (χ1) is 14.6. The predicted octanol–water partition coefficient (Wildman–Crippen LogP) is 0.0923. The van der Waals surface area contributed by atoms with Gasteiger partial charge in [-0.05, 0) is 30.0 Å². The summed E-state index contributed by atoms with van der Waals surface area (Å²) in [5.41, 5.74) is 0.305. The Balaban J connectivity index is 1.82. The van der Waals surface area contributed by atoms with Crippen molar-refractivity contribution in [3.8, 4) is 0 Å². The summed E-state index contributed by atoms with van der Waals surface area (Å²) >= 11 is 1.04. The van der Waals surface area contributed by atoms with Crippen molar-refractivity contribution in [2.45, 2.75) is 15.2 Å². The van der Waals surface area contributed by atoms with Crippen molar-refractivity contribution in [2.24, 2.45) is 0 Å².